The minimum atomic E-state index is -0.227. The standard InChI is InChI=1S/C16H22N4O2S2/c1-11-4-6-13(7-5-11)10-18-14(21)12(2)23-16-20-19-15(24-16)17-8-9-22-3/h4-7,12H,8-10H2,1-3H3,(H,17,19)(H,18,21)/t12-/m1/s1. The lowest BCUT2D eigenvalue weighted by molar-refractivity contribution is -0.120. The molecule has 1 amide bonds. The van der Waals surface area contributed by atoms with Gasteiger partial charge in [-0.05, 0) is 19.4 Å². The number of aryl methyl sites for hydroxylation is 1. The van der Waals surface area contributed by atoms with Crippen molar-refractivity contribution >= 4 is 34.1 Å². The first-order valence-electron chi connectivity index (χ1n) is 7.64. The number of nitrogens with zero attached hydrogens (tertiary/aromatic N) is 2. The molecule has 1 aromatic heterocycles. The Labute approximate surface area is 150 Å². The zero-order chi connectivity index (χ0) is 17.4. The molecule has 1 atom stereocenters. The molecular weight excluding hydrogens is 344 g/mol. The highest BCUT2D eigenvalue weighted by atomic mass is 32.2. The lowest BCUT2D eigenvalue weighted by Gasteiger charge is -2.10. The normalized spacial score (nSPS) is 12.0. The van der Waals surface area contributed by atoms with Gasteiger partial charge < -0.3 is 15.4 Å². The number of methoxy groups -OCH3 is 1. The molecule has 2 rings (SSSR count). The molecule has 24 heavy (non-hydrogen) atoms. The fourth-order valence-corrected chi connectivity index (χ4v) is 3.78. The summed E-state index contributed by atoms with van der Waals surface area (Å²) in [6.45, 7) is 5.74. The summed E-state index contributed by atoms with van der Waals surface area (Å²) in [6, 6.07) is 8.13. The van der Waals surface area contributed by atoms with Gasteiger partial charge in [-0.2, -0.15) is 0 Å². The maximum absolute atomic E-state index is 12.2. The van der Waals surface area contributed by atoms with Gasteiger partial charge in [-0.3, -0.25) is 4.79 Å². The van der Waals surface area contributed by atoms with Crippen LogP contribution >= 0.6 is 23.1 Å². The average molecular weight is 367 g/mol. The van der Waals surface area contributed by atoms with Gasteiger partial charge in [-0.1, -0.05) is 52.9 Å². The molecule has 1 heterocycles. The van der Waals surface area contributed by atoms with Gasteiger partial charge in [0.2, 0.25) is 11.0 Å². The molecule has 2 aromatic rings. The second-order valence-corrected chi connectivity index (χ2v) is 7.82. The highest BCUT2D eigenvalue weighted by molar-refractivity contribution is 8.02. The lowest BCUT2D eigenvalue weighted by atomic mass is 10.1. The van der Waals surface area contributed by atoms with Gasteiger partial charge >= 0.3 is 0 Å². The molecule has 0 bridgehead atoms. The van der Waals surface area contributed by atoms with E-state index in [1.807, 2.05) is 38.1 Å². The first kappa shape index (κ1) is 18.7. The SMILES string of the molecule is COCCNc1nnc(S[C@H](C)C(=O)NCc2ccc(C)cc2)s1. The summed E-state index contributed by atoms with van der Waals surface area (Å²) >= 11 is 2.85. The maximum atomic E-state index is 12.2. The van der Waals surface area contributed by atoms with Crippen LogP contribution in [0.15, 0.2) is 28.6 Å². The number of ether oxygens (including phenoxy) is 1. The highest BCUT2D eigenvalue weighted by Crippen LogP contribution is 2.28. The summed E-state index contributed by atoms with van der Waals surface area (Å²) < 4.78 is 5.74. The van der Waals surface area contributed by atoms with Crippen molar-refractivity contribution in [2.75, 3.05) is 25.6 Å². The number of carbonyl (C=O) groups is 1. The van der Waals surface area contributed by atoms with Crippen LogP contribution in [0, 0.1) is 6.92 Å². The van der Waals surface area contributed by atoms with Crippen LogP contribution in [-0.4, -0.2) is 41.6 Å². The molecule has 2 N–H and O–H groups in total. The van der Waals surface area contributed by atoms with E-state index >= 15 is 0 Å². The summed E-state index contributed by atoms with van der Waals surface area (Å²) in [7, 11) is 1.65. The number of anilines is 1. The number of hydrogen-bond donors (Lipinski definition) is 2. The minimum Gasteiger partial charge on any atom is -0.383 e. The summed E-state index contributed by atoms with van der Waals surface area (Å²) in [6.07, 6.45) is 0. The van der Waals surface area contributed by atoms with Gasteiger partial charge in [0.15, 0.2) is 4.34 Å². The number of hydrogen-bond acceptors (Lipinski definition) is 7. The van der Waals surface area contributed by atoms with Crippen LogP contribution < -0.4 is 10.6 Å². The second kappa shape index (κ2) is 9.61. The Bertz CT molecular complexity index is 646. The fraction of sp³-hybridized carbons (Fsp3) is 0.438. The smallest absolute Gasteiger partial charge is 0.233 e. The highest BCUT2D eigenvalue weighted by Gasteiger charge is 2.16. The third kappa shape index (κ3) is 6.10. The number of thioether (sulfide) groups is 1. The van der Waals surface area contributed by atoms with Crippen molar-refractivity contribution in [2.24, 2.45) is 0 Å². The number of rotatable bonds is 9. The Kier molecular flexibility index (Phi) is 7.48. The summed E-state index contributed by atoms with van der Waals surface area (Å²) in [4.78, 5) is 12.2. The predicted octanol–water partition coefficient (Wildman–Crippen LogP) is 2.70. The number of nitrogens with one attached hydrogen (secondary N) is 2. The van der Waals surface area contributed by atoms with E-state index in [0.29, 0.717) is 19.7 Å². The third-order valence-corrected chi connectivity index (χ3v) is 5.29. The largest absolute Gasteiger partial charge is 0.383 e. The van der Waals surface area contributed by atoms with Gasteiger partial charge in [0, 0.05) is 20.2 Å². The first-order chi connectivity index (χ1) is 11.6. The van der Waals surface area contributed by atoms with E-state index in [0.717, 1.165) is 15.0 Å². The van der Waals surface area contributed by atoms with Crippen LogP contribution in [0.1, 0.15) is 18.1 Å². The molecule has 0 aliphatic heterocycles. The van der Waals surface area contributed by atoms with E-state index in [1.54, 1.807) is 7.11 Å². The molecule has 0 aliphatic rings. The van der Waals surface area contributed by atoms with Crippen molar-refractivity contribution in [2.45, 2.75) is 30.0 Å². The minimum absolute atomic E-state index is 0.00957. The average Bonchev–Trinajstić information content (AvgIpc) is 3.01. The Hall–Kier alpha value is -1.64. The van der Waals surface area contributed by atoms with E-state index in [-0.39, 0.29) is 11.2 Å². The van der Waals surface area contributed by atoms with E-state index in [1.165, 1.54) is 28.7 Å². The Morgan fingerprint density at radius 1 is 1.33 bits per heavy atom. The van der Waals surface area contributed by atoms with Crippen LogP contribution in [0.3, 0.4) is 0 Å². The Morgan fingerprint density at radius 3 is 2.79 bits per heavy atom. The number of carbonyl (C=O) groups excluding carboxylic acids is 1. The molecule has 0 saturated carbocycles. The van der Waals surface area contributed by atoms with Gasteiger partial charge in [-0.25, -0.2) is 0 Å². The fourth-order valence-electron chi connectivity index (χ4n) is 1.83. The van der Waals surface area contributed by atoms with Crippen LogP contribution in [0.4, 0.5) is 5.13 Å². The second-order valence-electron chi connectivity index (χ2n) is 5.26. The molecule has 0 saturated heterocycles. The van der Waals surface area contributed by atoms with Crippen LogP contribution in [-0.2, 0) is 16.1 Å². The Balaban J connectivity index is 1.77. The maximum Gasteiger partial charge on any atom is 0.233 e. The van der Waals surface area contributed by atoms with Crippen molar-refractivity contribution in [3.8, 4) is 0 Å². The zero-order valence-corrected chi connectivity index (χ0v) is 15.7. The third-order valence-electron chi connectivity index (χ3n) is 3.22. The molecule has 0 fully saturated rings. The topological polar surface area (TPSA) is 76.1 Å². The first-order valence-corrected chi connectivity index (χ1v) is 9.34. The molecule has 0 radical (unpaired) electrons. The van der Waals surface area contributed by atoms with Crippen LogP contribution in [0.5, 0.6) is 0 Å². The monoisotopic (exact) mass is 366 g/mol. The zero-order valence-electron chi connectivity index (χ0n) is 14.0. The van der Waals surface area contributed by atoms with Crippen LogP contribution in [0.2, 0.25) is 0 Å². The molecule has 0 unspecified atom stereocenters. The van der Waals surface area contributed by atoms with Gasteiger partial charge in [0.05, 0.1) is 11.9 Å². The number of amides is 1. The van der Waals surface area contributed by atoms with Crippen molar-refractivity contribution in [1.29, 1.82) is 0 Å². The molecule has 0 spiro atoms. The van der Waals surface area contributed by atoms with Crippen molar-refractivity contribution in [3.63, 3.8) is 0 Å². The molecular formula is C16H22N4O2S2. The van der Waals surface area contributed by atoms with E-state index in [4.69, 9.17) is 4.74 Å². The Morgan fingerprint density at radius 2 is 2.08 bits per heavy atom. The van der Waals surface area contributed by atoms with Crippen molar-refractivity contribution in [3.05, 3.63) is 35.4 Å². The van der Waals surface area contributed by atoms with Crippen LogP contribution in [0.25, 0.3) is 0 Å². The molecule has 8 heteroatoms. The molecule has 130 valence electrons. The summed E-state index contributed by atoms with van der Waals surface area (Å²) in [5.74, 6) is -0.00957. The predicted molar refractivity (Wildman–Crippen MR) is 98.6 cm³/mol. The summed E-state index contributed by atoms with van der Waals surface area (Å²) in [5, 5.41) is 14.7. The number of aromatic nitrogens is 2. The number of benzene rings is 1. The van der Waals surface area contributed by atoms with E-state index in [9.17, 15) is 4.79 Å². The van der Waals surface area contributed by atoms with E-state index in [2.05, 4.69) is 20.8 Å². The van der Waals surface area contributed by atoms with Gasteiger partial charge in [-0.15, -0.1) is 10.2 Å². The van der Waals surface area contributed by atoms with E-state index < -0.39 is 0 Å². The van der Waals surface area contributed by atoms with Gasteiger partial charge in [0.25, 0.3) is 0 Å². The molecule has 6 nitrogen and oxygen atoms in total. The van der Waals surface area contributed by atoms with Gasteiger partial charge in [0.1, 0.15) is 0 Å². The molecule has 1 aromatic carbocycles. The van der Waals surface area contributed by atoms with Crippen molar-refractivity contribution < 1.29 is 9.53 Å². The van der Waals surface area contributed by atoms with Crippen molar-refractivity contribution in [1.82, 2.24) is 15.5 Å². The summed E-state index contributed by atoms with van der Waals surface area (Å²) in [5.41, 5.74) is 2.30. The molecule has 0 aliphatic carbocycles. The quantitative estimate of drug-likeness (QED) is 0.525. The lowest BCUT2D eigenvalue weighted by Crippen LogP contribution is -2.30.